The van der Waals surface area contributed by atoms with Crippen LogP contribution in [0.1, 0.15) is 44.2 Å². The van der Waals surface area contributed by atoms with Gasteiger partial charge in [-0.05, 0) is 51.7 Å². The third kappa shape index (κ3) is 9.03. The van der Waals surface area contributed by atoms with Crippen molar-refractivity contribution in [2.24, 2.45) is 4.99 Å². The largest absolute Gasteiger partial charge is 0.491 e. The number of aryl methyl sites for hydroxylation is 1. The van der Waals surface area contributed by atoms with E-state index in [1.807, 2.05) is 7.05 Å². The number of ether oxygens (including phenoxy) is 3. The number of benzene rings is 1. The number of aliphatic imine (C=N–C) groups is 1. The van der Waals surface area contributed by atoms with Gasteiger partial charge in [0.05, 0.1) is 18.3 Å². The molecule has 0 bridgehead atoms. The molecule has 7 nitrogen and oxygen atoms in total. The lowest BCUT2D eigenvalue weighted by atomic mass is 10.1. The molecule has 0 aromatic heterocycles. The molecule has 0 radical (unpaired) electrons. The Bertz CT molecular complexity index is 702. The monoisotopic (exact) mass is 560 g/mol. The Morgan fingerprint density at radius 1 is 1.22 bits per heavy atom. The molecule has 3 unspecified atom stereocenters. The van der Waals surface area contributed by atoms with Crippen LogP contribution in [0, 0.1) is 6.92 Å². The predicted octanol–water partition coefficient (Wildman–Crippen LogP) is 3.34. The Morgan fingerprint density at radius 2 is 2.00 bits per heavy atom. The topological polar surface area (TPSA) is 67.4 Å². The first-order valence-corrected chi connectivity index (χ1v) is 11.7. The van der Waals surface area contributed by atoms with Crippen LogP contribution in [0.3, 0.4) is 0 Å². The van der Waals surface area contributed by atoms with Crippen LogP contribution >= 0.6 is 24.0 Å². The summed E-state index contributed by atoms with van der Waals surface area (Å²) >= 11 is 0. The second-order valence-corrected chi connectivity index (χ2v) is 8.78. The number of morpholine rings is 1. The third-order valence-corrected chi connectivity index (χ3v) is 5.78. The molecule has 3 atom stereocenters. The fraction of sp³-hybridized carbons (Fsp3) is 0.708. The molecule has 32 heavy (non-hydrogen) atoms. The Hall–Kier alpha value is -1.10. The average molecular weight is 561 g/mol. The first-order chi connectivity index (χ1) is 15.0. The first kappa shape index (κ1) is 27.1. The molecule has 0 amide bonds. The van der Waals surface area contributed by atoms with Gasteiger partial charge in [-0.25, -0.2) is 0 Å². The summed E-state index contributed by atoms with van der Waals surface area (Å²) in [4.78, 5) is 6.85. The second-order valence-electron chi connectivity index (χ2n) is 8.78. The van der Waals surface area contributed by atoms with E-state index in [-0.39, 0.29) is 30.1 Å². The number of hydrogen-bond acceptors (Lipinski definition) is 5. The van der Waals surface area contributed by atoms with E-state index in [9.17, 15) is 0 Å². The van der Waals surface area contributed by atoms with E-state index in [0.717, 1.165) is 69.3 Å². The fourth-order valence-electron chi connectivity index (χ4n) is 4.28. The van der Waals surface area contributed by atoms with Crippen molar-refractivity contribution in [1.29, 1.82) is 0 Å². The standard InChI is InChI=1S/C24H40N4O3.HI/c1-18-8-9-21(23(13-18)30-17-22-7-5-12-29-22)14-27-24(25-4)26-10-6-11-28-15-19(2)31-20(3)16-28;/h8-9,13,19-20,22H,5-7,10-12,14-17H2,1-4H3,(H2,25,26,27);1H. The lowest BCUT2D eigenvalue weighted by molar-refractivity contribution is -0.0679. The van der Waals surface area contributed by atoms with Crippen molar-refractivity contribution in [3.63, 3.8) is 0 Å². The molecule has 2 saturated heterocycles. The number of guanidine groups is 1. The van der Waals surface area contributed by atoms with Crippen LogP contribution in [0.25, 0.3) is 0 Å². The van der Waals surface area contributed by atoms with Crippen LogP contribution in [0.4, 0.5) is 0 Å². The highest BCUT2D eigenvalue weighted by molar-refractivity contribution is 14.0. The maximum Gasteiger partial charge on any atom is 0.191 e. The molecule has 2 aliphatic heterocycles. The summed E-state index contributed by atoms with van der Waals surface area (Å²) in [5.41, 5.74) is 2.32. The molecule has 1 aromatic carbocycles. The molecule has 3 rings (SSSR count). The summed E-state index contributed by atoms with van der Waals surface area (Å²) < 4.78 is 17.6. The minimum absolute atomic E-state index is 0. The minimum Gasteiger partial charge on any atom is -0.491 e. The number of nitrogens with zero attached hydrogens (tertiary/aromatic N) is 2. The summed E-state index contributed by atoms with van der Waals surface area (Å²) in [6.07, 6.45) is 4.13. The summed E-state index contributed by atoms with van der Waals surface area (Å²) in [5, 5.41) is 6.85. The molecule has 0 aliphatic carbocycles. The quantitative estimate of drug-likeness (QED) is 0.209. The van der Waals surface area contributed by atoms with Gasteiger partial charge in [0.15, 0.2) is 5.96 Å². The third-order valence-electron chi connectivity index (χ3n) is 5.78. The Balaban J connectivity index is 0.00000363. The van der Waals surface area contributed by atoms with Crippen molar-refractivity contribution in [3.05, 3.63) is 29.3 Å². The van der Waals surface area contributed by atoms with Gasteiger partial charge in [-0.2, -0.15) is 0 Å². The minimum atomic E-state index is 0. The number of hydrogen-bond donors (Lipinski definition) is 2. The van der Waals surface area contributed by atoms with Crippen molar-refractivity contribution >= 4 is 29.9 Å². The predicted molar refractivity (Wildman–Crippen MR) is 140 cm³/mol. The van der Waals surface area contributed by atoms with Gasteiger partial charge in [0.1, 0.15) is 12.4 Å². The van der Waals surface area contributed by atoms with E-state index in [1.54, 1.807) is 0 Å². The zero-order valence-electron chi connectivity index (χ0n) is 20.1. The Morgan fingerprint density at radius 3 is 2.69 bits per heavy atom. The van der Waals surface area contributed by atoms with E-state index in [0.29, 0.717) is 25.4 Å². The number of nitrogens with one attached hydrogen (secondary N) is 2. The second kappa shape index (κ2) is 14.2. The maximum absolute atomic E-state index is 6.11. The normalized spacial score (nSPS) is 24.1. The van der Waals surface area contributed by atoms with Gasteiger partial charge in [0.25, 0.3) is 0 Å². The fourth-order valence-corrected chi connectivity index (χ4v) is 4.28. The summed E-state index contributed by atoms with van der Waals surface area (Å²) in [7, 11) is 1.81. The SMILES string of the molecule is CN=C(NCCCN1CC(C)OC(C)C1)NCc1ccc(C)cc1OCC1CCCO1.I. The van der Waals surface area contributed by atoms with Gasteiger partial charge in [-0.1, -0.05) is 12.1 Å². The Kier molecular flexibility index (Phi) is 12.1. The van der Waals surface area contributed by atoms with Gasteiger partial charge in [-0.15, -0.1) is 24.0 Å². The smallest absolute Gasteiger partial charge is 0.191 e. The number of rotatable bonds is 9. The molecule has 8 heteroatoms. The highest BCUT2D eigenvalue weighted by Gasteiger charge is 2.21. The average Bonchev–Trinajstić information content (AvgIpc) is 3.25. The van der Waals surface area contributed by atoms with Crippen molar-refractivity contribution in [1.82, 2.24) is 15.5 Å². The summed E-state index contributed by atoms with van der Waals surface area (Å²) in [6, 6.07) is 6.35. The van der Waals surface area contributed by atoms with Crippen LogP contribution in [0.2, 0.25) is 0 Å². The van der Waals surface area contributed by atoms with Gasteiger partial charge < -0.3 is 24.8 Å². The van der Waals surface area contributed by atoms with E-state index >= 15 is 0 Å². The Labute approximate surface area is 210 Å². The molecule has 2 fully saturated rings. The van der Waals surface area contributed by atoms with E-state index in [2.05, 4.69) is 59.5 Å². The highest BCUT2D eigenvalue weighted by Crippen LogP contribution is 2.22. The van der Waals surface area contributed by atoms with Crippen LogP contribution in [0.15, 0.2) is 23.2 Å². The zero-order valence-corrected chi connectivity index (χ0v) is 22.4. The molecule has 2 N–H and O–H groups in total. The van der Waals surface area contributed by atoms with Gasteiger partial charge in [0, 0.05) is 51.9 Å². The molecule has 0 spiro atoms. The van der Waals surface area contributed by atoms with Crippen LogP contribution in [-0.4, -0.2) is 75.6 Å². The lowest BCUT2D eigenvalue weighted by Crippen LogP contribution is -2.46. The zero-order chi connectivity index (χ0) is 22.1. The van der Waals surface area contributed by atoms with Crippen LogP contribution < -0.4 is 15.4 Å². The molecule has 2 aliphatic rings. The van der Waals surface area contributed by atoms with Crippen LogP contribution in [-0.2, 0) is 16.0 Å². The van der Waals surface area contributed by atoms with Gasteiger partial charge >= 0.3 is 0 Å². The van der Waals surface area contributed by atoms with Crippen molar-refractivity contribution in [3.8, 4) is 5.75 Å². The molecule has 1 aromatic rings. The van der Waals surface area contributed by atoms with Gasteiger partial charge in [-0.3, -0.25) is 9.89 Å². The molecule has 182 valence electrons. The molecule has 0 saturated carbocycles. The van der Waals surface area contributed by atoms with E-state index < -0.39 is 0 Å². The summed E-state index contributed by atoms with van der Waals surface area (Å²) in [5.74, 6) is 1.74. The number of halogens is 1. The van der Waals surface area contributed by atoms with Crippen molar-refractivity contribution < 1.29 is 14.2 Å². The highest BCUT2D eigenvalue weighted by atomic mass is 127. The van der Waals surface area contributed by atoms with Gasteiger partial charge in [0.2, 0.25) is 0 Å². The molecular formula is C24H41IN4O3. The van der Waals surface area contributed by atoms with E-state index in [1.165, 1.54) is 5.56 Å². The van der Waals surface area contributed by atoms with Crippen LogP contribution in [0.5, 0.6) is 5.75 Å². The summed E-state index contributed by atoms with van der Waals surface area (Å²) in [6.45, 7) is 12.5. The molecular weight excluding hydrogens is 519 g/mol. The van der Waals surface area contributed by atoms with E-state index in [4.69, 9.17) is 14.2 Å². The lowest BCUT2D eigenvalue weighted by Gasteiger charge is -2.35. The first-order valence-electron chi connectivity index (χ1n) is 11.7. The van der Waals surface area contributed by atoms with Crippen molar-refractivity contribution in [2.45, 2.75) is 64.9 Å². The maximum atomic E-state index is 6.11. The molecule has 2 heterocycles. The van der Waals surface area contributed by atoms with Crippen molar-refractivity contribution in [2.75, 3.05) is 46.4 Å².